The molecule has 0 bridgehead atoms. The first-order valence-electron chi connectivity index (χ1n) is 5.92. The van der Waals surface area contributed by atoms with Crippen molar-refractivity contribution in [2.45, 2.75) is 32.2 Å². The third-order valence-electron chi connectivity index (χ3n) is 3.61. The van der Waals surface area contributed by atoms with Crippen LogP contribution in [0.4, 0.5) is 0 Å². The molecule has 0 unspecified atom stereocenters. The molecule has 0 saturated heterocycles. The van der Waals surface area contributed by atoms with Gasteiger partial charge in [0.25, 0.3) is 5.56 Å². The number of hydrogen-bond donors (Lipinski definition) is 1. The maximum absolute atomic E-state index is 12.3. The number of aryl methyl sites for hydroxylation is 1. The summed E-state index contributed by atoms with van der Waals surface area (Å²) in [4.78, 5) is 27.1. The van der Waals surface area contributed by atoms with Crippen LogP contribution in [0.1, 0.15) is 30.9 Å². The highest BCUT2D eigenvalue weighted by Crippen LogP contribution is 2.29. The van der Waals surface area contributed by atoms with Gasteiger partial charge in [-0.2, -0.15) is 0 Å². The van der Waals surface area contributed by atoms with Crippen molar-refractivity contribution >= 4 is 10.9 Å². The monoisotopic (exact) mass is 230 g/mol. The molecule has 2 aromatic rings. The molecule has 0 radical (unpaired) electrons. The summed E-state index contributed by atoms with van der Waals surface area (Å²) < 4.78 is 1.38. The van der Waals surface area contributed by atoms with Gasteiger partial charge in [-0.3, -0.25) is 9.36 Å². The molecule has 0 amide bonds. The van der Waals surface area contributed by atoms with Gasteiger partial charge in [0, 0.05) is 6.04 Å². The van der Waals surface area contributed by atoms with Gasteiger partial charge in [-0.1, -0.05) is 12.1 Å². The Balaban J connectivity index is 2.39. The molecule has 1 fully saturated rings. The molecule has 1 aliphatic carbocycles. The second kappa shape index (κ2) is 3.58. The van der Waals surface area contributed by atoms with Crippen LogP contribution in [-0.4, -0.2) is 9.55 Å². The fraction of sp³-hybridized carbons (Fsp3) is 0.385. The molecule has 17 heavy (non-hydrogen) atoms. The Hall–Kier alpha value is -1.84. The van der Waals surface area contributed by atoms with Crippen molar-refractivity contribution in [3.8, 4) is 0 Å². The van der Waals surface area contributed by atoms with E-state index in [9.17, 15) is 9.59 Å². The maximum atomic E-state index is 12.3. The number of aromatic amines is 1. The molecule has 4 heteroatoms. The van der Waals surface area contributed by atoms with E-state index in [1.807, 2.05) is 19.1 Å². The topological polar surface area (TPSA) is 54.9 Å². The van der Waals surface area contributed by atoms with Crippen molar-refractivity contribution in [2.75, 3.05) is 0 Å². The van der Waals surface area contributed by atoms with Crippen LogP contribution in [0.3, 0.4) is 0 Å². The lowest BCUT2D eigenvalue weighted by atomic mass is 9.93. The number of H-pyrrole nitrogens is 1. The van der Waals surface area contributed by atoms with Gasteiger partial charge in [-0.05, 0) is 37.8 Å². The molecule has 1 N–H and O–H groups in total. The average Bonchev–Trinajstić information content (AvgIpc) is 2.23. The molecule has 1 heterocycles. The fourth-order valence-corrected chi connectivity index (χ4v) is 2.38. The van der Waals surface area contributed by atoms with Crippen LogP contribution < -0.4 is 11.2 Å². The van der Waals surface area contributed by atoms with Gasteiger partial charge < -0.3 is 4.98 Å². The minimum Gasteiger partial charge on any atom is -0.306 e. The zero-order chi connectivity index (χ0) is 12.0. The van der Waals surface area contributed by atoms with Crippen molar-refractivity contribution in [2.24, 2.45) is 0 Å². The summed E-state index contributed by atoms with van der Waals surface area (Å²) >= 11 is 0. The molecule has 1 aliphatic rings. The van der Waals surface area contributed by atoms with Gasteiger partial charge in [0.1, 0.15) is 0 Å². The normalized spacial score (nSPS) is 16.1. The predicted octanol–water partition coefficient (Wildman–Crippen LogP) is 1.72. The first-order valence-corrected chi connectivity index (χ1v) is 5.92. The highest BCUT2D eigenvalue weighted by molar-refractivity contribution is 5.80. The van der Waals surface area contributed by atoms with E-state index >= 15 is 0 Å². The Kier molecular flexibility index (Phi) is 2.18. The van der Waals surface area contributed by atoms with E-state index in [1.165, 1.54) is 4.57 Å². The van der Waals surface area contributed by atoms with E-state index in [2.05, 4.69) is 4.98 Å². The summed E-state index contributed by atoms with van der Waals surface area (Å²) in [6.45, 7) is 1.89. The van der Waals surface area contributed by atoms with Crippen LogP contribution >= 0.6 is 0 Å². The fourth-order valence-electron chi connectivity index (χ4n) is 2.38. The highest BCUT2D eigenvalue weighted by Gasteiger charge is 2.23. The van der Waals surface area contributed by atoms with Crippen LogP contribution in [0.25, 0.3) is 10.9 Å². The lowest BCUT2D eigenvalue weighted by Gasteiger charge is -2.26. The molecule has 1 aromatic carbocycles. The SMILES string of the molecule is Cc1cccc2c(=O)n(C3CCC3)c(=O)[nH]c12. The van der Waals surface area contributed by atoms with Crippen LogP contribution in [0.2, 0.25) is 0 Å². The van der Waals surface area contributed by atoms with E-state index in [0.717, 1.165) is 24.8 Å². The largest absolute Gasteiger partial charge is 0.329 e. The Labute approximate surface area is 97.9 Å². The van der Waals surface area contributed by atoms with E-state index in [4.69, 9.17) is 0 Å². The van der Waals surface area contributed by atoms with Crippen LogP contribution in [0, 0.1) is 6.92 Å². The van der Waals surface area contributed by atoms with Gasteiger partial charge in [-0.25, -0.2) is 4.79 Å². The van der Waals surface area contributed by atoms with E-state index in [0.29, 0.717) is 10.9 Å². The van der Waals surface area contributed by atoms with Gasteiger partial charge in [-0.15, -0.1) is 0 Å². The Morgan fingerprint density at radius 2 is 2.06 bits per heavy atom. The smallest absolute Gasteiger partial charge is 0.306 e. The second-order valence-electron chi connectivity index (χ2n) is 4.69. The summed E-state index contributed by atoms with van der Waals surface area (Å²) in [7, 11) is 0. The molecular weight excluding hydrogens is 216 g/mol. The number of fused-ring (bicyclic) bond motifs is 1. The molecule has 1 aromatic heterocycles. The summed E-state index contributed by atoms with van der Waals surface area (Å²) in [5.74, 6) is 0. The summed E-state index contributed by atoms with van der Waals surface area (Å²) in [5.41, 5.74) is 1.16. The molecule has 88 valence electrons. The molecule has 0 spiro atoms. The standard InChI is InChI=1S/C13H14N2O2/c1-8-4-2-7-10-11(8)14-13(17)15(12(10)16)9-5-3-6-9/h2,4,7,9H,3,5-6H2,1H3,(H,14,17). The predicted molar refractivity (Wildman–Crippen MR) is 66.5 cm³/mol. The van der Waals surface area contributed by atoms with Crippen molar-refractivity contribution in [3.05, 3.63) is 44.6 Å². The van der Waals surface area contributed by atoms with Crippen LogP contribution in [0.5, 0.6) is 0 Å². The number of hydrogen-bond acceptors (Lipinski definition) is 2. The zero-order valence-corrected chi connectivity index (χ0v) is 9.69. The van der Waals surface area contributed by atoms with Crippen molar-refractivity contribution in [3.63, 3.8) is 0 Å². The van der Waals surface area contributed by atoms with Crippen molar-refractivity contribution < 1.29 is 0 Å². The van der Waals surface area contributed by atoms with E-state index in [-0.39, 0.29) is 17.3 Å². The number of nitrogens with zero attached hydrogens (tertiary/aromatic N) is 1. The Morgan fingerprint density at radius 3 is 2.71 bits per heavy atom. The highest BCUT2D eigenvalue weighted by atomic mass is 16.2. The number of rotatable bonds is 1. The molecule has 0 aliphatic heterocycles. The first-order chi connectivity index (χ1) is 8.18. The second-order valence-corrected chi connectivity index (χ2v) is 4.69. The van der Waals surface area contributed by atoms with Crippen molar-refractivity contribution in [1.29, 1.82) is 0 Å². The number of aromatic nitrogens is 2. The molecular formula is C13H14N2O2. The minimum absolute atomic E-state index is 0.0937. The lowest BCUT2D eigenvalue weighted by Crippen LogP contribution is -2.40. The van der Waals surface area contributed by atoms with Gasteiger partial charge in [0.2, 0.25) is 0 Å². The lowest BCUT2D eigenvalue weighted by molar-refractivity contribution is 0.298. The molecule has 1 saturated carbocycles. The van der Waals surface area contributed by atoms with E-state index < -0.39 is 0 Å². The number of para-hydroxylation sites is 1. The first kappa shape index (κ1) is 10.3. The number of nitrogens with one attached hydrogen (secondary N) is 1. The molecule has 3 rings (SSSR count). The average molecular weight is 230 g/mol. The van der Waals surface area contributed by atoms with Gasteiger partial charge >= 0.3 is 5.69 Å². The van der Waals surface area contributed by atoms with Crippen LogP contribution in [-0.2, 0) is 0 Å². The third-order valence-corrected chi connectivity index (χ3v) is 3.61. The van der Waals surface area contributed by atoms with Crippen molar-refractivity contribution in [1.82, 2.24) is 9.55 Å². The third kappa shape index (κ3) is 1.44. The number of benzene rings is 1. The minimum atomic E-state index is -0.276. The Morgan fingerprint density at radius 1 is 1.29 bits per heavy atom. The molecule has 4 nitrogen and oxygen atoms in total. The van der Waals surface area contributed by atoms with Gasteiger partial charge in [0.15, 0.2) is 0 Å². The maximum Gasteiger partial charge on any atom is 0.329 e. The van der Waals surface area contributed by atoms with Gasteiger partial charge in [0.05, 0.1) is 10.9 Å². The Bertz CT molecular complexity index is 693. The quantitative estimate of drug-likeness (QED) is 0.811. The summed E-state index contributed by atoms with van der Waals surface area (Å²) in [6.07, 6.45) is 2.96. The van der Waals surface area contributed by atoms with E-state index in [1.54, 1.807) is 6.07 Å². The summed E-state index contributed by atoms with van der Waals surface area (Å²) in [5, 5.41) is 0.608. The van der Waals surface area contributed by atoms with Crippen LogP contribution in [0.15, 0.2) is 27.8 Å². The summed E-state index contributed by atoms with van der Waals surface area (Å²) in [6, 6.07) is 5.61. The molecule has 0 atom stereocenters. The zero-order valence-electron chi connectivity index (χ0n) is 9.69.